The normalized spacial score (nSPS) is 11.2. The molecule has 0 atom stereocenters. The predicted octanol–water partition coefficient (Wildman–Crippen LogP) is 5.25. The van der Waals surface area contributed by atoms with Crippen molar-refractivity contribution in [2.75, 3.05) is 45.4 Å². The molecule has 0 aliphatic carbocycles. The fourth-order valence-electron chi connectivity index (χ4n) is 3.91. The first-order valence-corrected chi connectivity index (χ1v) is 14.0. The lowest BCUT2D eigenvalue weighted by Gasteiger charge is -2.26. The number of carbonyl (C=O) groups excluding carboxylic acids is 1. The van der Waals surface area contributed by atoms with Gasteiger partial charge in [0.15, 0.2) is 0 Å². The average molecular weight is 561 g/mol. The molecule has 0 spiro atoms. The number of hydrogen-bond acceptors (Lipinski definition) is 7. The SMILES string of the molecule is CCN(CC)c1ccc(CN(CCOC)C(=O)c2ccccc2Cl)c(OS(=O)(=O)c2ccc(OC)cc2)c1. The summed E-state index contributed by atoms with van der Waals surface area (Å²) in [5.41, 5.74) is 1.67. The first-order chi connectivity index (χ1) is 18.2. The van der Waals surface area contributed by atoms with Crippen LogP contribution in [0.25, 0.3) is 0 Å². The van der Waals surface area contributed by atoms with Gasteiger partial charge in [0.25, 0.3) is 5.91 Å². The first kappa shape index (κ1) is 29.3. The third-order valence-corrected chi connectivity index (χ3v) is 7.62. The lowest BCUT2D eigenvalue weighted by Crippen LogP contribution is -2.34. The molecule has 0 bridgehead atoms. The average Bonchev–Trinajstić information content (AvgIpc) is 2.92. The van der Waals surface area contributed by atoms with Crippen LogP contribution < -0.4 is 13.8 Å². The zero-order chi connectivity index (χ0) is 27.7. The van der Waals surface area contributed by atoms with Crippen LogP contribution >= 0.6 is 11.6 Å². The smallest absolute Gasteiger partial charge is 0.339 e. The van der Waals surface area contributed by atoms with Crippen molar-refractivity contribution < 1.29 is 26.9 Å². The second-order valence-electron chi connectivity index (χ2n) is 8.38. The van der Waals surface area contributed by atoms with E-state index in [0.29, 0.717) is 21.9 Å². The van der Waals surface area contributed by atoms with Crippen LogP contribution in [0.1, 0.15) is 29.8 Å². The molecule has 10 heteroatoms. The number of methoxy groups -OCH3 is 2. The molecule has 3 rings (SSSR count). The van der Waals surface area contributed by atoms with Crippen molar-refractivity contribution in [2.24, 2.45) is 0 Å². The highest BCUT2D eigenvalue weighted by molar-refractivity contribution is 7.87. The molecule has 0 aliphatic heterocycles. The fraction of sp³-hybridized carbons (Fsp3) is 0.321. The highest BCUT2D eigenvalue weighted by Gasteiger charge is 2.24. The molecule has 1 amide bonds. The quantitative estimate of drug-likeness (QED) is 0.264. The highest BCUT2D eigenvalue weighted by Crippen LogP contribution is 2.31. The molecule has 0 saturated heterocycles. The van der Waals surface area contributed by atoms with Gasteiger partial charge in [0, 0.05) is 50.6 Å². The summed E-state index contributed by atoms with van der Waals surface area (Å²) in [5.74, 6) is 0.365. The Balaban J connectivity index is 2.02. The summed E-state index contributed by atoms with van der Waals surface area (Å²) >= 11 is 6.30. The maximum absolute atomic E-state index is 13.4. The number of benzene rings is 3. The number of ether oxygens (including phenoxy) is 2. The van der Waals surface area contributed by atoms with Gasteiger partial charge in [-0.15, -0.1) is 0 Å². The van der Waals surface area contributed by atoms with E-state index in [-0.39, 0.29) is 36.2 Å². The number of nitrogens with zero attached hydrogens (tertiary/aromatic N) is 2. The van der Waals surface area contributed by atoms with E-state index in [9.17, 15) is 13.2 Å². The lowest BCUT2D eigenvalue weighted by atomic mass is 10.1. The van der Waals surface area contributed by atoms with E-state index in [1.54, 1.807) is 60.5 Å². The van der Waals surface area contributed by atoms with E-state index in [0.717, 1.165) is 18.8 Å². The van der Waals surface area contributed by atoms with E-state index in [2.05, 4.69) is 4.90 Å². The van der Waals surface area contributed by atoms with Crippen molar-refractivity contribution >= 4 is 33.3 Å². The molecule has 38 heavy (non-hydrogen) atoms. The van der Waals surface area contributed by atoms with Gasteiger partial charge in [0.1, 0.15) is 16.4 Å². The van der Waals surface area contributed by atoms with Gasteiger partial charge in [0.2, 0.25) is 0 Å². The Kier molecular flexibility index (Phi) is 10.4. The third kappa shape index (κ3) is 7.18. The second-order valence-corrected chi connectivity index (χ2v) is 10.3. The summed E-state index contributed by atoms with van der Waals surface area (Å²) in [4.78, 5) is 17.1. The Morgan fingerprint density at radius 2 is 1.63 bits per heavy atom. The van der Waals surface area contributed by atoms with E-state index < -0.39 is 10.1 Å². The van der Waals surface area contributed by atoms with Gasteiger partial charge in [-0.25, -0.2) is 0 Å². The molecule has 3 aromatic rings. The summed E-state index contributed by atoms with van der Waals surface area (Å²) in [6, 6.07) is 18.1. The standard InChI is InChI=1S/C28H33ClN2O6S/c1-5-30(6-2)22-12-11-21(20-31(17-18-35-3)28(32)25-9-7-8-10-26(25)29)27(19-22)37-38(33,34)24-15-13-23(36-4)14-16-24/h7-16,19H,5-6,17-18,20H2,1-4H3. The Bertz CT molecular complexity index is 1330. The van der Waals surface area contributed by atoms with Gasteiger partial charge in [0.05, 0.1) is 24.3 Å². The first-order valence-electron chi connectivity index (χ1n) is 12.2. The molecular weight excluding hydrogens is 528 g/mol. The fourth-order valence-corrected chi connectivity index (χ4v) is 5.08. The second kappa shape index (κ2) is 13.5. The minimum Gasteiger partial charge on any atom is -0.497 e. The summed E-state index contributed by atoms with van der Waals surface area (Å²) in [7, 11) is -1.12. The minimum absolute atomic E-state index is 0.0131. The van der Waals surface area contributed by atoms with Crippen LogP contribution in [0.2, 0.25) is 5.02 Å². The Morgan fingerprint density at radius 1 is 0.947 bits per heavy atom. The number of carbonyl (C=O) groups is 1. The summed E-state index contributed by atoms with van der Waals surface area (Å²) < 4.78 is 42.5. The van der Waals surface area contributed by atoms with Crippen LogP contribution in [0.15, 0.2) is 71.6 Å². The molecule has 0 unspecified atom stereocenters. The maximum Gasteiger partial charge on any atom is 0.339 e. The minimum atomic E-state index is -4.17. The van der Waals surface area contributed by atoms with Crippen molar-refractivity contribution in [3.8, 4) is 11.5 Å². The molecule has 204 valence electrons. The Hall–Kier alpha value is -3.27. The maximum atomic E-state index is 13.4. The summed E-state index contributed by atoms with van der Waals surface area (Å²) in [6.45, 7) is 6.12. The highest BCUT2D eigenvalue weighted by atomic mass is 35.5. The van der Waals surface area contributed by atoms with E-state index in [4.69, 9.17) is 25.3 Å². The molecule has 0 heterocycles. The zero-order valence-electron chi connectivity index (χ0n) is 22.0. The monoisotopic (exact) mass is 560 g/mol. The molecule has 0 radical (unpaired) electrons. The van der Waals surface area contributed by atoms with Gasteiger partial charge in [-0.05, 0) is 56.3 Å². The molecule has 0 saturated carbocycles. The van der Waals surface area contributed by atoms with Gasteiger partial charge in [-0.3, -0.25) is 4.79 Å². The van der Waals surface area contributed by atoms with Crippen molar-refractivity contribution in [3.63, 3.8) is 0 Å². The van der Waals surface area contributed by atoms with Crippen molar-refractivity contribution in [2.45, 2.75) is 25.3 Å². The van der Waals surface area contributed by atoms with E-state index >= 15 is 0 Å². The van der Waals surface area contributed by atoms with Crippen LogP contribution in [0, 0.1) is 0 Å². The zero-order valence-corrected chi connectivity index (χ0v) is 23.6. The topological polar surface area (TPSA) is 85.4 Å². The Labute approximate surface area is 229 Å². The summed E-state index contributed by atoms with van der Waals surface area (Å²) in [5, 5.41) is 0.329. The van der Waals surface area contributed by atoms with Gasteiger partial charge < -0.3 is 23.5 Å². The molecule has 0 fully saturated rings. The van der Waals surface area contributed by atoms with Crippen LogP contribution in [-0.2, 0) is 21.4 Å². The van der Waals surface area contributed by atoms with Crippen LogP contribution in [0.4, 0.5) is 5.69 Å². The van der Waals surface area contributed by atoms with Gasteiger partial charge in [-0.2, -0.15) is 8.42 Å². The van der Waals surface area contributed by atoms with Crippen LogP contribution in [0.3, 0.4) is 0 Å². The Morgan fingerprint density at radius 3 is 2.24 bits per heavy atom. The number of amides is 1. The van der Waals surface area contributed by atoms with Crippen molar-refractivity contribution in [1.82, 2.24) is 4.90 Å². The number of halogens is 1. The number of rotatable bonds is 13. The van der Waals surface area contributed by atoms with Crippen LogP contribution in [-0.4, -0.2) is 59.7 Å². The van der Waals surface area contributed by atoms with Gasteiger partial charge >= 0.3 is 10.1 Å². The molecular formula is C28H33ClN2O6S. The number of anilines is 1. The molecule has 0 aliphatic rings. The molecule has 3 aromatic carbocycles. The van der Waals surface area contributed by atoms with Crippen molar-refractivity contribution in [1.29, 1.82) is 0 Å². The van der Waals surface area contributed by atoms with Gasteiger partial charge in [-0.1, -0.05) is 29.8 Å². The van der Waals surface area contributed by atoms with Crippen LogP contribution in [0.5, 0.6) is 11.5 Å². The molecule has 0 N–H and O–H groups in total. The summed E-state index contributed by atoms with van der Waals surface area (Å²) in [6.07, 6.45) is 0. The lowest BCUT2D eigenvalue weighted by molar-refractivity contribution is 0.0680. The largest absolute Gasteiger partial charge is 0.497 e. The van der Waals surface area contributed by atoms with E-state index in [1.165, 1.54) is 19.2 Å². The van der Waals surface area contributed by atoms with Crippen molar-refractivity contribution in [3.05, 3.63) is 82.9 Å². The molecule has 8 nitrogen and oxygen atoms in total. The third-order valence-electron chi connectivity index (χ3n) is 6.04. The van der Waals surface area contributed by atoms with E-state index in [1.807, 2.05) is 19.9 Å². The molecule has 0 aromatic heterocycles. The number of hydrogen-bond donors (Lipinski definition) is 0. The predicted molar refractivity (Wildman–Crippen MR) is 149 cm³/mol.